The molecule has 2 heterocycles. The van der Waals surface area contributed by atoms with E-state index in [1.54, 1.807) is 12.4 Å². The van der Waals surface area contributed by atoms with Gasteiger partial charge in [-0.1, -0.05) is 18.2 Å². The molecule has 0 amide bonds. The molecule has 1 aromatic heterocycles. The van der Waals surface area contributed by atoms with Gasteiger partial charge in [0.05, 0.1) is 0 Å². The summed E-state index contributed by atoms with van der Waals surface area (Å²) in [5.74, 6) is -0.0567. The molecular formula is C16H14BrNO3. The van der Waals surface area contributed by atoms with E-state index in [4.69, 9.17) is 4.74 Å². The van der Waals surface area contributed by atoms with Gasteiger partial charge in [0.2, 0.25) is 0 Å². The summed E-state index contributed by atoms with van der Waals surface area (Å²) in [6.45, 7) is 0.172. The molecule has 0 saturated heterocycles. The molecule has 1 aromatic carbocycles. The molecule has 1 unspecified atom stereocenters. The lowest BCUT2D eigenvalue weighted by molar-refractivity contribution is -0.151. The highest BCUT2D eigenvalue weighted by Gasteiger charge is 2.43. The van der Waals surface area contributed by atoms with Crippen LogP contribution in [0.4, 0.5) is 0 Å². The van der Waals surface area contributed by atoms with E-state index in [0.717, 1.165) is 21.3 Å². The van der Waals surface area contributed by atoms with Crippen molar-refractivity contribution in [1.29, 1.82) is 0 Å². The molecule has 1 aliphatic heterocycles. The van der Waals surface area contributed by atoms with Crippen molar-refractivity contribution in [2.75, 3.05) is 6.61 Å². The van der Waals surface area contributed by atoms with Crippen molar-refractivity contribution in [2.45, 2.75) is 12.8 Å². The number of hydrogen-bond acceptors (Lipinski definition) is 3. The van der Waals surface area contributed by atoms with Crippen LogP contribution in [0.2, 0.25) is 0 Å². The summed E-state index contributed by atoms with van der Waals surface area (Å²) in [6.07, 6.45) is 4.24. The minimum Gasteiger partial charge on any atom is -0.492 e. The average Bonchev–Trinajstić information content (AvgIpc) is 2.47. The Bertz CT molecular complexity index is 689. The predicted molar refractivity (Wildman–Crippen MR) is 81.4 cm³/mol. The van der Waals surface area contributed by atoms with E-state index in [0.29, 0.717) is 12.8 Å². The third-order valence-electron chi connectivity index (χ3n) is 3.76. The third-order valence-corrected chi connectivity index (χ3v) is 4.20. The number of carbonyl (C=O) groups is 1. The number of ether oxygens (including phenoxy) is 1. The van der Waals surface area contributed by atoms with Gasteiger partial charge in [0.15, 0.2) is 0 Å². The minimum atomic E-state index is -0.948. The Hall–Kier alpha value is -1.88. The Morgan fingerprint density at radius 2 is 2.19 bits per heavy atom. The van der Waals surface area contributed by atoms with Crippen molar-refractivity contribution in [1.82, 2.24) is 4.98 Å². The van der Waals surface area contributed by atoms with Crippen LogP contribution in [0.5, 0.6) is 5.75 Å². The summed E-state index contributed by atoms with van der Waals surface area (Å²) in [4.78, 5) is 16.0. The number of benzene rings is 1. The number of fused-ring (bicyclic) bond motifs is 1. The molecule has 0 aliphatic carbocycles. The Kier molecular flexibility index (Phi) is 3.68. The topological polar surface area (TPSA) is 59.4 Å². The lowest BCUT2D eigenvalue weighted by Crippen LogP contribution is -2.43. The maximum absolute atomic E-state index is 11.9. The Morgan fingerprint density at radius 3 is 2.95 bits per heavy atom. The predicted octanol–water partition coefficient (Wildman–Crippen LogP) is 3.09. The summed E-state index contributed by atoms with van der Waals surface area (Å²) in [6, 6.07) is 9.50. The number of rotatable bonds is 3. The molecule has 1 N–H and O–H groups in total. The van der Waals surface area contributed by atoms with Crippen LogP contribution in [0.25, 0.3) is 0 Å². The third kappa shape index (κ3) is 2.78. The molecule has 3 rings (SSSR count). The first-order chi connectivity index (χ1) is 10.1. The van der Waals surface area contributed by atoms with E-state index in [1.165, 1.54) is 0 Å². The lowest BCUT2D eigenvalue weighted by atomic mass is 9.76. The van der Waals surface area contributed by atoms with Gasteiger partial charge in [-0.2, -0.15) is 0 Å². The van der Waals surface area contributed by atoms with Crippen LogP contribution in [-0.4, -0.2) is 22.7 Å². The highest BCUT2D eigenvalue weighted by atomic mass is 79.9. The summed E-state index contributed by atoms with van der Waals surface area (Å²) < 4.78 is 6.54. The molecule has 5 heteroatoms. The van der Waals surface area contributed by atoms with E-state index in [1.807, 2.05) is 30.3 Å². The zero-order chi connectivity index (χ0) is 14.9. The number of hydrogen-bond donors (Lipinski definition) is 1. The quantitative estimate of drug-likeness (QED) is 0.926. The normalized spacial score (nSPS) is 20.4. The summed E-state index contributed by atoms with van der Waals surface area (Å²) >= 11 is 3.37. The first kappa shape index (κ1) is 14.1. The van der Waals surface area contributed by atoms with Gasteiger partial charge in [-0.15, -0.1) is 0 Å². The molecule has 2 aromatic rings. The maximum atomic E-state index is 11.9. The zero-order valence-corrected chi connectivity index (χ0v) is 12.8. The Morgan fingerprint density at radius 1 is 1.38 bits per heavy atom. The van der Waals surface area contributed by atoms with Gasteiger partial charge in [0.25, 0.3) is 0 Å². The van der Waals surface area contributed by atoms with Crippen LogP contribution in [0.3, 0.4) is 0 Å². The molecule has 0 saturated carbocycles. The molecule has 1 aliphatic rings. The van der Waals surface area contributed by atoms with Gasteiger partial charge in [0.1, 0.15) is 17.8 Å². The number of para-hydroxylation sites is 1. The fourth-order valence-corrected chi connectivity index (χ4v) is 3.10. The molecule has 0 bridgehead atoms. The number of aromatic nitrogens is 1. The number of aliphatic carboxylic acids is 1. The van der Waals surface area contributed by atoms with Crippen LogP contribution < -0.4 is 4.74 Å². The summed E-state index contributed by atoms with van der Waals surface area (Å²) in [7, 11) is 0. The SMILES string of the molecule is O=C(O)C1(Cc2cncc(Br)c2)COc2ccccc2C1. The first-order valence-corrected chi connectivity index (χ1v) is 7.42. The Labute approximate surface area is 130 Å². The van der Waals surface area contributed by atoms with E-state index in [-0.39, 0.29) is 6.61 Å². The van der Waals surface area contributed by atoms with E-state index in [2.05, 4.69) is 20.9 Å². The van der Waals surface area contributed by atoms with Gasteiger partial charge in [-0.25, -0.2) is 0 Å². The first-order valence-electron chi connectivity index (χ1n) is 6.63. The molecule has 1 atom stereocenters. The van der Waals surface area contributed by atoms with Crippen molar-refractivity contribution in [3.63, 3.8) is 0 Å². The maximum Gasteiger partial charge on any atom is 0.313 e. The second-order valence-electron chi connectivity index (χ2n) is 5.35. The number of carboxylic acids is 1. The number of nitrogens with zero attached hydrogens (tertiary/aromatic N) is 1. The highest BCUT2D eigenvalue weighted by molar-refractivity contribution is 9.10. The fourth-order valence-electron chi connectivity index (χ4n) is 2.69. The van der Waals surface area contributed by atoms with Crippen LogP contribution in [0.15, 0.2) is 47.2 Å². The second kappa shape index (κ2) is 5.48. The minimum absolute atomic E-state index is 0.172. The van der Waals surface area contributed by atoms with Gasteiger partial charge in [0, 0.05) is 16.9 Å². The number of pyridine rings is 1. The molecule has 21 heavy (non-hydrogen) atoms. The standard InChI is InChI=1S/C16H14BrNO3/c17-13-5-11(8-18-9-13)6-16(15(19)20)7-12-3-1-2-4-14(12)21-10-16/h1-5,8-9H,6-7,10H2,(H,19,20). The summed E-state index contributed by atoms with van der Waals surface area (Å²) in [5.41, 5.74) is 0.875. The summed E-state index contributed by atoms with van der Waals surface area (Å²) in [5, 5.41) is 9.73. The molecule has 0 fully saturated rings. The highest BCUT2D eigenvalue weighted by Crippen LogP contribution is 2.37. The van der Waals surface area contributed by atoms with Gasteiger partial charge < -0.3 is 9.84 Å². The van der Waals surface area contributed by atoms with E-state index < -0.39 is 11.4 Å². The average molecular weight is 348 g/mol. The monoisotopic (exact) mass is 347 g/mol. The zero-order valence-electron chi connectivity index (χ0n) is 11.3. The van der Waals surface area contributed by atoms with Gasteiger partial charge in [-0.05, 0) is 52.0 Å². The van der Waals surface area contributed by atoms with Crippen molar-refractivity contribution < 1.29 is 14.6 Å². The van der Waals surface area contributed by atoms with Crippen molar-refractivity contribution in [3.05, 3.63) is 58.3 Å². The van der Waals surface area contributed by atoms with Crippen molar-refractivity contribution in [3.8, 4) is 5.75 Å². The molecule has 4 nitrogen and oxygen atoms in total. The fraction of sp³-hybridized carbons (Fsp3) is 0.250. The van der Waals surface area contributed by atoms with Gasteiger partial charge in [-0.3, -0.25) is 9.78 Å². The van der Waals surface area contributed by atoms with E-state index >= 15 is 0 Å². The van der Waals surface area contributed by atoms with Crippen molar-refractivity contribution in [2.24, 2.45) is 5.41 Å². The lowest BCUT2D eigenvalue weighted by Gasteiger charge is -2.34. The molecule has 0 spiro atoms. The molecule has 0 radical (unpaired) electrons. The van der Waals surface area contributed by atoms with Crippen LogP contribution >= 0.6 is 15.9 Å². The second-order valence-corrected chi connectivity index (χ2v) is 6.26. The van der Waals surface area contributed by atoms with E-state index in [9.17, 15) is 9.90 Å². The molecule has 108 valence electrons. The van der Waals surface area contributed by atoms with Crippen LogP contribution in [0.1, 0.15) is 11.1 Å². The van der Waals surface area contributed by atoms with Gasteiger partial charge >= 0.3 is 5.97 Å². The molecular weight excluding hydrogens is 334 g/mol. The van der Waals surface area contributed by atoms with Crippen LogP contribution in [-0.2, 0) is 17.6 Å². The number of carboxylic acid groups (broad SMARTS) is 1. The number of halogens is 1. The largest absolute Gasteiger partial charge is 0.492 e. The van der Waals surface area contributed by atoms with Crippen molar-refractivity contribution >= 4 is 21.9 Å². The smallest absolute Gasteiger partial charge is 0.313 e. The Balaban J connectivity index is 1.93. The van der Waals surface area contributed by atoms with Crippen LogP contribution in [0, 0.1) is 5.41 Å².